The Morgan fingerprint density at radius 3 is 2.87 bits per heavy atom. The van der Waals surface area contributed by atoms with Crippen LogP contribution in [0.3, 0.4) is 0 Å². The minimum absolute atomic E-state index is 0.407. The summed E-state index contributed by atoms with van der Waals surface area (Å²) in [7, 11) is 0. The molecule has 2 N–H and O–H groups in total. The first-order valence-corrected chi connectivity index (χ1v) is 10.1. The van der Waals surface area contributed by atoms with Gasteiger partial charge >= 0.3 is 5.63 Å². The molecule has 0 fully saturated rings. The Balaban J connectivity index is 1.19. The second kappa shape index (κ2) is 9.29. The minimum atomic E-state index is -0.407. The molecule has 4 rings (SSSR count). The number of nitrogens with one attached hydrogen (secondary N) is 2. The van der Waals surface area contributed by atoms with Crippen molar-refractivity contribution in [1.29, 1.82) is 5.26 Å². The second-order valence-electron chi connectivity index (χ2n) is 7.17. The molecule has 2 aromatic heterocycles. The molecule has 30 heavy (non-hydrogen) atoms. The van der Waals surface area contributed by atoms with Gasteiger partial charge in [0.1, 0.15) is 17.9 Å². The minimum Gasteiger partial charge on any atom is -0.491 e. The van der Waals surface area contributed by atoms with E-state index in [2.05, 4.69) is 16.4 Å². The Labute approximate surface area is 174 Å². The van der Waals surface area contributed by atoms with Crippen LogP contribution in [-0.2, 0) is 6.42 Å². The number of aromatic nitrogens is 1. The highest BCUT2D eigenvalue weighted by Gasteiger charge is 2.06. The van der Waals surface area contributed by atoms with Crippen LogP contribution in [0.2, 0.25) is 0 Å². The topological polar surface area (TPSA) is 91.0 Å². The Morgan fingerprint density at radius 1 is 1.07 bits per heavy atom. The summed E-state index contributed by atoms with van der Waals surface area (Å²) in [6.07, 6.45) is 5.11. The lowest BCUT2D eigenvalue weighted by atomic mass is 10.1. The predicted molar refractivity (Wildman–Crippen MR) is 117 cm³/mol. The van der Waals surface area contributed by atoms with Gasteiger partial charge in [0, 0.05) is 23.6 Å². The Bertz CT molecular complexity index is 1250. The van der Waals surface area contributed by atoms with Crippen molar-refractivity contribution < 1.29 is 9.15 Å². The molecule has 0 spiro atoms. The molecule has 0 amide bonds. The number of nitriles is 1. The lowest BCUT2D eigenvalue weighted by Gasteiger charge is -2.09. The van der Waals surface area contributed by atoms with Crippen LogP contribution in [0.4, 0.5) is 0 Å². The highest BCUT2D eigenvalue weighted by atomic mass is 16.5. The first-order valence-electron chi connectivity index (χ1n) is 10.1. The van der Waals surface area contributed by atoms with Crippen molar-refractivity contribution >= 4 is 21.9 Å². The van der Waals surface area contributed by atoms with Crippen LogP contribution in [0.15, 0.2) is 63.9 Å². The fourth-order valence-electron chi connectivity index (χ4n) is 3.58. The molecule has 0 radical (unpaired) electrons. The number of H-pyrrole nitrogens is 1. The summed E-state index contributed by atoms with van der Waals surface area (Å²) in [6.45, 7) is 2.08. The number of para-hydroxylation sites is 1. The molecule has 2 aromatic carbocycles. The number of fused-ring (bicyclic) bond motifs is 2. The molecule has 0 saturated heterocycles. The zero-order valence-electron chi connectivity index (χ0n) is 16.6. The molecule has 4 aromatic rings. The highest BCUT2D eigenvalue weighted by molar-refractivity contribution is 5.84. The zero-order chi connectivity index (χ0) is 20.8. The third kappa shape index (κ3) is 4.53. The van der Waals surface area contributed by atoms with E-state index in [-0.39, 0.29) is 0 Å². The van der Waals surface area contributed by atoms with Crippen LogP contribution in [0.1, 0.15) is 24.0 Å². The summed E-state index contributed by atoms with van der Waals surface area (Å²) >= 11 is 0. The van der Waals surface area contributed by atoms with E-state index in [4.69, 9.17) is 14.4 Å². The molecule has 6 heteroatoms. The van der Waals surface area contributed by atoms with Crippen LogP contribution in [-0.4, -0.2) is 24.7 Å². The van der Waals surface area contributed by atoms with Gasteiger partial charge in [-0.1, -0.05) is 12.1 Å². The third-order valence-corrected chi connectivity index (χ3v) is 5.09. The maximum atomic E-state index is 11.6. The largest absolute Gasteiger partial charge is 0.491 e. The Morgan fingerprint density at radius 2 is 1.97 bits per heavy atom. The third-order valence-electron chi connectivity index (χ3n) is 5.09. The van der Waals surface area contributed by atoms with E-state index >= 15 is 0 Å². The molecular weight excluding hydrogens is 378 g/mol. The number of benzene rings is 2. The SMILES string of the molecule is N#Cc1ccc2[nH]cc(CCCCNCCOc3cc(=O)oc4ccccc34)c2c1. The molecular formula is C24H23N3O3. The lowest BCUT2D eigenvalue weighted by molar-refractivity contribution is 0.314. The number of aryl methyl sites for hydroxylation is 1. The highest BCUT2D eigenvalue weighted by Crippen LogP contribution is 2.23. The van der Waals surface area contributed by atoms with E-state index in [1.54, 1.807) is 6.07 Å². The number of unbranched alkanes of at least 4 members (excludes halogenated alkanes) is 1. The maximum Gasteiger partial charge on any atom is 0.339 e. The van der Waals surface area contributed by atoms with Gasteiger partial charge in [0.25, 0.3) is 0 Å². The van der Waals surface area contributed by atoms with E-state index in [1.807, 2.05) is 42.6 Å². The van der Waals surface area contributed by atoms with E-state index < -0.39 is 5.63 Å². The van der Waals surface area contributed by atoms with Gasteiger partial charge in [-0.2, -0.15) is 5.26 Å². The normalized spacial score (nSPS) is 11.0. The van der Waals surface area contributed by atoms with Crippen LogP contribution >= 0.6 is 0 Å². The van der Waals surface area contributed by atoms with Gasteiger partial charge in [-0.3, -0.25) is 0 Å². The average molecular weight is 401 g/mol. The molecule has 0 aliphatic carbocycles. The summed E-state index contributed by atoms with van der Waals surface area (Å²) < 4.78 is 11.0. The van der Waals surface area contributed by atoms with E-state index in [0.29, 0.717) is 30.0 Å². The summed E-state index contributed by atoms with van der Waals surface area (Å²) in [4.78, 5) is 14.9. The quantitative estimate of drug-likeness (QED) is 0.325. The van der Waals surface area contributed by atoms with Crippen molar-refractivity contribution in [2.24, 2.45) is 0 Å². The smallest absolute Gasteiger partial charge is 0.339 e. The molecule has 0 aliphatic heterocycles. The van der Waals surface area contributed by atoms with Crippen molar-refractivity contribution in [2.75, 3.05) is 19.7 Å². The average Bonchev–Trinajstić information content (AvgIpc) is 3.17. The van der Waals surface area contributed by atoms with Gasteiger partial charge in [-0.15, -0.1) is 0 Å². The Hall–Kier alpha value is -3.56. The Kier molecular flexibility index (Phi) is 6.11. The monoisotopic (exact) mass is 401 g/mol. The molecule has 0 aliphatic rings. The lowest BCUT2D eigenvalue weighted by Crippen LogP contribution is -2.22. The number of nitrogens with zero attached hydrogens (tertiary/aromatic N) is 1. The van der Waals surface area contributed by atoms with Gasteiger partial charge in [0.2, 0.25) is 0 Å². The first kappa shape index (κ1) is 19.7. The predicted octanol–water partition coefficient (Wildman–Crippen LogP) is 4.14. The number of hydrogen-bond acceptors (Lipinski definition) is 5. The van der Waals surface area contributed by atoms with Crippen molar-refractivity contribution in [3.8, 4) is 11.8 Å². The fraction of sp³-hybridized carbons (Fsp3) is 0.250. The first-order chi connectivity index (χ1) is 14.7. The number of hydrogen-bond donors (Lipinski definition) is 2. The summed E-state index contributed by atoms with van der Waals surface area (Å²) in [5.74, 6) is 0.555. The standard InChI is InChI=1S/C24H23N3O3/c25-15-17-8-9-21-20(13-17)18(16-27-21)5-3-4-10-26-11-12-29-23-14-24(28)30-22-7-2-1-6-19(22)23/h1-2,6-9,13-14,16,26-27H,3-5,10-12H2. The van der Waals surface area contributed by atoms with Gasteiger partial charge in [-0.25, -0.2) is 4.79 Å². The second-order valence-corrected chi connectivity index (χ2v) is 7.17. The van der Waals surface area contributed by atoms with Gasteiger partial charge < -0.3 is 19.5 Å². The molecule has 0 bridgehead atoms. The molecule has 0 atom stereocenters. The number of rotatable bonds is 9. The van der Waals surface area contributed by atoms with E-state index in [0.717, 1.165) is 42.1 Å². The number of ether oxygens (including phenoxy) is 1. The van der Waals surface area contributed by atoms with E-state index in [1.165, 1.54) is 11.6 Å². The zero-order valence-corrected chi connectivity index (χ0v) is 16.6. The van der Waals surface area contributed by atoms with E-state index in [9.17, 15) is 4.79 Å². The van der Waals surface area contributed by atoms with Crippen LogP contribution in [0.25, 0.3) is 21.9 Å². The van der Waals surface area contributed by atoms with Crippen LogP contribution in [0, 0.1) is 11.3 Å². The molecule has 6 nitrogen and oxygen atoms in total. The van der Waals surface area contributed by atoms with Gasteiger partial charge in [-0.05, 0) is 61.7 Å². The molecule has 0 unspecified atom stereocenters. The van der Waals surface area contributed by atoms with Crippen LogP contribution in [0.5, 0.6) is 5.75 Å². The summed E-state index contributed by atoms with van der Waals surface area (Å²) in [5, 5.41) is 14.4. The summed E-state index contributed by atoms with van der Waals surface area (Å²) in [6, 6.07) is 16.7. The van der Waals surface area contributed by atoms with Crippen molar-refractivity contribution in [1.82, 2.24) is 10.3 Å². The molecule has 2 heterocycles. The van der Waals surface area contributed by atoms with Crippen LogP contribution < -0.4 is 15.7 Å². The van der Waals surface area contributed by atoms with Gasteiger partial charge in [0.15, 0.2) is 0 Å². The fourth-order valence-corrected chi connectivity index (χ4v) is 3.58. The number of aromatic amines is 1. The van der Waals surface area contributed by atoms with Crippen molar-refractivity contribution in [3.05, 3.63) is 76.3 Å². The summed E-state index contributed by atoms with van der Waals surface area (Å²) in [5.41, 5.74) is 3.14. The molecule has 0 saturated carbocycles. The van der Waals surface area contributed by atoms with Gasteiger partial charge in [0.05, 0.1) is 23.1 Å². The maximum absolute atomic E-state index is 11.6. The van der Waals surface area contributed by atoms with Crippen molar-refractivity contribution in [3.63, 3.8) is 0 Å². The molecule has 152 valence electrons. The van der Waals surface area contributed by atoms with Crippen molar-refractivity contribution in [2.45, 2.75) is 19.3 Å².